The van der Waals surface area contributed by atoms with Gasteiger partial charge in [0.1, 0.15) is 0 Å². The number of carboxylic acids is 1. The van der Waals surface area contributed by atoms with Gasteiger partial charge in [0.25, 0.3) is 0 Å². The van der Waals surface area contributed by atoms with Gasteiger partial charge in [-0.3, -0.25) is 9.59 Å². The predicted molar refractivity (Wildman–Crippen MR) is 76.5 cm³/mol. The third-order valence-corrected chi connectivity index (χ3v) is 2.98. The summed E-state index contributed by atoms with van der Waals surface area (Å²) in [6.07, 6.45) is -0.208. The van der Waals surface area contributed by atoms with Crippen LogP contribution in [0.15, 0.2) is 18.2 Å². The van der Waals surface area contributed by atoms with Crippen LogP contribution in [0.5, 0.6) is 0 Å². The minimum absolute atomic E-state index is 0.150. The monoisotopic (exact) mass is 342 g/mol. The van der Waals surface area contributed by atoms with E-state index in [1.165, 1.54) is 18.2 Å². The number of alkyl halides is 1. The first-order valence-electron chi connectivity index (χ1n) is 6.07. The second kappa shape index (κ2) is 7.19. The molecule has 0 aromatic heterocycles. The van der Waals surface area contributed by atoms with Crippen molar-refractivity contribution >= 4 is 33.7 Å². The number of esters is 1. The van der Waals surface area contributed by atoms with Gasteiger partial charge in [0, 0.05) is 5.56 Å². The van der Waals surface area contributed by atoms with Crippen molar-refractivity contribution in [1.29, 1.82) is 0 Å². The van der Waals surface area contributed by atoms with Crippen LogP contribution >= 0.6 is 15.9 Å². The van der Waals surface area contributed by atoms with Crippen molar-refractivity contribution in [3.05, 3.63) is 34.9 Å². The van der Waals surface area contributed by atoms with Crippen LogP contribution in [0, 0.1) is 0 Å². The molecule has 1 aromatic rings. The van der Waals surface area contributed by atoms with E-state index in [1.807, 2.05) is 0 Å². The van der Waals surface area contributed by atoms with Crippen molar-refractivity contribution in [2.75, 3.05) is 6.61 Å². The molecule has 0 saturated heterocycles. The van der Waals surface area contributed by atoms with E-state index in [4.69, 9.17) is 9.84 Å². The lowest BCUT2D eigenvalue weighted by molar-refractivity contribution is -0.136. The fraction of sp³-hybridized carbons (Fsp3) is 0.357. The summed E-state index contributed by atoms with van der Waals surface area (Å²) in [7, 11) is 0. The topological polar surface area (TPSA) is 80.7 Å². The highest BCUT2D eigenvalue weighted by molar-refractivity contribution is 9.10. The molecule has 0 amide bonds. The van der Waals surface area contributed by atoms with Gasteiger partial charge in [-0.15, -0.1) is 0 Å². The summed E-state index contributed by atoms with van der Waals surface area (Å²) in [6, 6.07) is 4.37. The smallest absolute Gasteiger partial charge is 0.338 e. The number of carbonyl (C=O) groups excluding carboxylic acids is 2. The largest absolute Gasteiger partial charge is 0.481 e. The Balaban J connectivity index is 3.26. The van der Waals surface area contributed by atoms with Gasteiger partial charge >= 0.3 is 11.9 Å². The maximum atomic E-state index is 12.1. The number of rotatable bonds is 6. The van der Waals surface area contributed by atoms with Gasteiger partial charge in [-0.2, -0.15) is 0 Å². The number of carbonyl (C=O) groups is 3. The van der Waals surface area contributed by atoms with Crippen molar-refractivity contribution in [2.45, 2.75) is 25.1 Å². The molecular formula is C14H15BrO5. The number of aliphatic carboxylic acids is 1. The molecule has 0 bridgehead atoms. The molecule has 5 nitrogen and oxygen atoms in total. The number of benzene rings is 1. The van der Waals surface area contributed by atoms with E-state index >= 15 is 0 Å². The van der Waals surface area contributed by atoms with Gasteiger partial charge in [-0.1, -0.05) is 22.0 Å². The van der Waals surface area contributed by atoms with Crippen LogP contribution in [-0.4, -0.2) is 34.3 Å². The van der Waals surface area contributed by atoms with Gasteiger partial charge in [0.2, 0.25) is 0 Å². The maximum absolute atomic E-state index is 12.1. The van der Waals surface area contributed by atoms with Crippen LogP contribution in [0.1, 0.15) is 40.1 Å². The normalized spacial score (nSPS) is 11.8. The molecule has 1 rings (SSSR count). The molecule has 108 valence electrons. The summed E-state index contributed by atoms with van der Waals surface area (Å²) >= 11 is 3.16. The molecule has 1 N–H and O–H groups in total. The highest BCUT2D eigenvalue weighted by Gasteiger charge is 2.21. The number of hydrogen-bond acceptors (Lipinski definition) is 4. The van der Waals surface area contributed by atoms with Crippen molar-refractivity contribution in [3.63, 3.8) is 0 Å². The third-order valence-electron chi connectivity index (χ3n) is 2.56. The van der Waals surface area contributed by atoms with Crippen LogP contribution in [0.3, 0.4) is 0 Å². The molecule has 1 aromatic carbocycles. The zero-order valence-corrected chi connectivity index (χ0v) is 12.8. The molecule has 0 aliphatic carbocycles. The standard InChI is InChI=1S/C14H15BrO5/c1-3-20-14(19)10-5-4-9(7-12(16)17)6-11(10)13(18)8(2)15/h4-6,8H,3,7H2,1-2H3,(H,16,17). The van der Waals surface area contributed by atoms with Crippen LogP contribution in [0.2, 0.25) is 0 Å². The van der Waals surface area contributed by atoms with Gasteiger partial charge < -0.3 is 9.84 Å². The zero-order valence-electron chi connectivity index (χ0n) is 11.2. The van der Waals surface area contributed by atoms with E-state index in [-0.39, 0.29) is 29.9 Å². The minimum atomic E-state index is -1.00. The first kappa shape index (κ1) is 16.4. The first-order valence-corrected chi connectivity index (χ1v) is 6.98. The first-order chi connectivity index (χ1) is 9.36. The van der Waals surface area contributed by atoms with E-state index in [9.17, 15) is 14.4 Å². The Bertz CT molecular complexity index is 536. The van der Waals surface area contributed by atoms with Gasteiger partial charge in [0.15, 0.2) is 5.78 Å². The minimum Gasteiger partial charge on any atom is -0.481 e. The number of halogens is 1. The molecule has 0 aliphatic heterocycles. The number of hydrogen-bond donors (Lipinski definition) is 1. The van der Waals surface area contributed by atoms with Gasteiger partial charge in [0.05, 0.1) is 23.4 Å². The molecule has 1 unspecified atom stereocenters. The molecule has 0 radical (unpaired) electrons. The molecule has 0 fully saturated rings. The Morgan fingerprint density at radius 3 is 2.45 bits per heavy atom. The Kier molecular flexibility index (Phi) is 5.88. The number of Topliss-reactive ketones (excluding diaryl/α,β-unsaturated/α-hetero) is 1. The summed E-state index contributed by atoms with van der Waals surface area (Å²) in [5, 5.41) is 8.78. The Labute approximate surface area is 125 Å². The van der Waals surface area contributed by atoms with Crippen molar-refractivity contribution in [2.24, 2.45) is 0 Å². The summed E-state index contributed by atoms with van der Waals surface area (Å²) < 4.78 is 4.90. The molecule has 0 heterocycles. The lowest BCUT2D eigenvalue weighted by Gasteiger charge is -2.11. The summed E-state index contributed by atoms with van der Waals surface area (Å²) in [6.45, 7) is 3.51. The quantitative estimate of drug-likeness (QED) is 0.488. The lowest BCUT2D eigenvalue weighted by atomic mass is 9.98. The van der Waals surface area contributed by atoms with Crippen LogP contribution < -0.4 is 0 Å². The summed E-state index contributed by atoms with van der Waals surface area (Å²) in [4.78, 5) is 34.2. The molecule has 0 saturated carbocycles. The molecule has 0 spiro atoms. The van der Waals surface area contributed by atoms with Crippen molar-refractivity contribution in [3.8, 4) is 0 Å². The average Bonchev–Trinajstić information content (AvgIpc) is 2.37. The lowest BCUT2D eigenvalue weighted by Crippen LogP contribution is -2.17. The second-order valence-corrected chi connectivity index (χ2v) is 5.52. The summed E-state index contributed by atoms with van der Waals surface area (Å²) in [5.74, 6) is -1.88. The highest BCUT2D eigenvalue weighted by Crippen LogP contribution is 2.19. The van der Waals surface area contributed by atoms with Crippen LogP contribution in [0.25, 0.3) is 0 Å². The van der Waals surface area contributed by atoms with E-state index in [0.29, 0.717) is 5.56 Å². The highest BCUT2D eigenvalue weighted by atomic mass is 79.9. The van der Waals surface area contributed by atoms with Gasteiger partial charge in [-0.05, 0) is 31.5 Å². The molecule has 20 heavy (non-hydrogen) atoms. The summed E-state index contributed by atoms with van der Waals surface area (Å²) in [5.41, 5.74) is 0.783. The maximum Gasteiger partial charge on any atom is 0.338 e. The van der Waals surface area contributed by atoms with Crippen molar-refractivity contribution < 1.29 is 24.2 Å². The van der Waals surface area contributed by atoms with E-state index in [1.54, 1.807) is 13.8 Å². The number of carboxylic acid groups (broad SMARTS) is 1. The third kappa shape index (κ3) is 4.16. The Hall–Kier alpha value is -1.69. The average molecular weight is 343 g/mol. The molecule has 1 atom stereocenters. The molecule has 0 aliphatic rings. The van der Waals surface area contributed by atoms with E-state index in [0.717, 1.165) is 0 Å². The van der Waals surface area contributed by atoms with Crippen LogP contribution in [0.4, 0.5) is 0 Å². The fourth-order valence-electron chi connectivity index (χ4n) is 1.68. The van der Waals surface area contributed by atoms with E-state index in [2.05, 4.69) is 15.9 Å². The van der Waals surface area contributed by atoms with E-state index < -0.39 is 16.8 Å². The van der Waals surface area contributed by atoms with Crippen molar-refractivity contribution in [1.82, 2.24) is 0 Å². The number of ketones is 1. The Morgan fingerprint density at radius 1 is 1.30 bits per heavy atom. The van der Waals surface area contributed by atoms with Gasteiger partial charge in [-0.25, -0.2) is 4.79 Å². The van der Waals surface area contributed by atoms with Crippen LogP contribution in [-0.2, 0) is 16.0 Å². The Morgan fingerprint density at radius 2 is 1.95 bits per heavy atom. The number of ether oxygens (including phenoxy) is 1. The predicted octanol–water partition coefficient (Wildman–Crippen LogP) is 2.46. The molecular weight excluding hydrogens is 328 g/mol. The molecule has 6 heteroatoms. The second-order valence-electron chi connectivity index (χ2n) is 4.15. The SMILES string of the molecule is CCOC(=O)c1ccc(CC(=O)O)cc1C(=O)C(C)Br. The fourth-order valence-corrected chi connectivity index (χ4v) is 1.93. The zero-order chi connectivity index (χ0) is 15.3.